The van der Waals surface area contributed by atoms with Crippen molar-refractivity contribution in [1.29, 1.82) is 0 Å². The predicted molar refractivity (Wildman–Crippen MR) is 87.5 cm³/mol. The molecule has 2 aliphatic rings. The molecule has 0 unspecified atom stereocenters. The van der Waals surface area contributed by atoms with Crippen LogP contribution in [0.1, 0.15) is 52.2 Å². The highest BCUT2D eigenvalue weighted by atomic mass is 32.1. The van der Waals surface area contributed by atoms with Gasteiger partial charge in [0.05, 0.1) is 24.1 Å². The van der Waals surface area contributed by atoms with E-state index in [1.807, 2.05) is 4.90 Å². The zero-order chi connectivity index (χ0) is 15.4. The Labute approximate surface area is 136 Å². The van der Waals surface area contributed by atoms with Gasteiger partial charge < -0.3 is 14.7 Å². The number of amides is 1. The summed E-state index contributed by atoms with van der Waals surface area (Å²) in [7, 11) is 0. The molecule has 5 heteroatoms. The first-order valence-corrected chi connectivity index (χ1v) is 9.22. The van der Waals surface area contributed by atoms with Crippen molar-refractivity contribution < 1.29 is 14.6 Å². The van der Waals surface area contributed by atoms with Crippen LogP contribution in [-0.2, 0) is 17.6 Å². The second kappa shape index (κ2) is 7.57. The Kier molecular flexibility index (Phi) is 5.50. The molecule has 3 rings (SSSR count). The Morgan fingerprint density at radius 1 is 1.32 bits per heavy atom. The molecule has 1 aromatic rings. The summed E-state index contributed by atoms with van der Waals surface area (Å²) in [5, 5.41) is 9.19. The van der Waals surface area contributed by atoms with Crippen molar-refractivity contribution in [1.82, 2.24) is 4.90 Å². The lowest BCUT2D eigenvalue weighted by molar-refractivity contribution is -0.00805. The van der Waals surface area contributed by atoms with E-state index in [1.54, 1.807) is 11.3 Å². The first-order chi connectivity index (χ1) is 10.8. The number of carbonyl (C=O) groups excluding carboxylic acids is 1. The predicted octanol–water partition coefficient (Wildman–Crippen LogP) is 2.63. The quantitative estimate of drug-likeness (QED) is 0.930. The fourth-order valence-corrected chi connectivity index (χ4v) is 4.61. The van der Waals surface area contributed by atoms with Crippen LogP contribution in [0.5, 0.6) is 0 Å². The third-order valence-electron chi connectivity index (χ3n) is 4.66. The summed E-state index contributed by atoms with van der Waals surface area (Å²) in [4.78, 5) is 17.1. The Hall–Kier alpha value is -0.910. The number of thiophene rings is 1. The summed E-state index contributed by atoms with van der Waals surface area (Å²) in [5.74, 6) is 0.124. The van der Waals surface area contributed by atoms with Gasteiger partial charge in [0.25, 0.3) is 5.91 Å². The topological polar surface area (TPSA) is 49.8 Å². The first kappa shape index (κ1) is 16.0. The van der Waals surface area contributed by atoms with Crippen LogP contribution >= 0.6 is 11.3 Å². The van der Waals surface area contributed by atoms with Crippen LogP contribution in [0.2, 0.25) is 0 Å². The molecule has 1 fully saturated rings. The van der Waals surface area contributed by atoms with Crippen LogP contribution in [-0.4, -0.2) is 48.3 Å². The summed E-state index contributed by atoms with van der Waals surface area (Å²) < 4.78 is 5.46. The summed E-state index contributed by atoms with van der Waals surface area (Å²) in [6.45, 7) is 1.86. The van der Waals surface area contributed by atoms with Crippen molar-refractivity contribution >= 4 is 17.2 Å². The second-order valence-electron chi connectivity index (χ2n) is 6.21. The zero-order valence-electron chi connectivity index (χ0n) is 13.1. The Morgan fingerprint density at radius 3 is 2.95 bits per heavy atom. The maximum Gasteiger partial charge on any atom is 0.264 e. The van der Waals surface area contributed by atoms with E-state index >= 15 is 0 Å². The van der Waals surface area contributed by atoms with Crippen molar-refractivity contribution in [3.05, 3.63) is 21.4 Å². The number of morpholine rings is 1. The second-order valence-corrected chi connectivity index (χ2v) is 7.35. The molecule has 22 heavy (non-hydrogen) atoms. The SMILES string of the molecule is O=C(c1cc2c(s1)CCCCCC2)N1CCOC[C@@H]1CCO. The van der Waals surface area contributed by atoms with Gasteiger partial charge >= 0.3 is 0 Å². The summed E-state index contributed by atoms with van der Waals surface area (Å²) in [5.41, 5.74) is 1.39. The average Bonchev–Trinajstić information content (AvgIpc) is 2.90. The molecule has 0 spiro atoms. The van der Waals surface area contributed by atoms with Gasteiger partial charge in [0, 0.05) is 18.0 Å². The van der Waals surface area contributed by atoms with E-state index in [-0.39, 0.29) is 18.6 Å². The number of ether oxygens (including phenoxy) is 1. The van der Waals surface area contributed by atoms with Crippen molar-refractivity contribution in [3.63, 3.8) is 0 Å². The molecule has 122 valence electrons. The maximum absolute atomic E-state index is 12.9. The van der Waals surface area contributed by atoms with E-state index in [1.165, 1.54) is 36.1 Å². The molecule has 1 aliphatic carbocycles. The molecule has 0 aromatic carbocycles. The van der Waals surface area contributed by atoms with Gasteiger partial charge in [0.2, 0.25) is 0 Å². The minimum absolute atomic E-state index is 0.0101. The Bertz CT molecular complexity index is 487. The minimum atomic E-state index is 0.0101. The third kappa shape index (κ3) is 3.53. The van der Waals surface area contributed by atoms with Gasteiger partial charge in [-0.1, -0.05) is 12.8 Å². The van der Waals surface area contributed by atoms with Gasteiger partial charge in [0.1, 0.15) is 0 Å². The lowest BCUT2D eigenvalue weighted by Gasteiger charge is -2.35. The standard InChI is InChI=1S/C17H25NO3S/c19-9-7-14-12-21-10-8-18(14)17(20)16-11-13-5-3-1-2-4-6-15(13)22-16/h11,14,19H,1-10,12H2/t14-/m0/s1. The number of fused-ring (bicyclic) bond motifs is 1. The third-order valence-corrected chi connectivity index (χ3v) is 5.88. The van der Waals surface area contributed by atoms with Crippen LogP contribution in [0.3, 0.4) is 0 Å². The van der Waals surface area contributed by atoms with Crippen molar-refractivity contribution in [2.24, 2.45) is 0 Å². The van der Waals surface area contributed by atoms with Crippen LogP contribution < -0.4 is 0 Å². The van der Waals surface area contributed by atoms with E-state index in [4.69, 9.17) is 4.74 Å². The molecule has 1 aromatic heterocycles. The molecule has 1 saturated heterocycles. The summed E-state index contributed by atoms with van der Waals surface area (Å²) >= 11 is 1.69. The smallest absolute Gasteiger partial charge is 0.264 e. The first-order valence-electron chi connectivity index (χ1n) is 8.40. The summed E-state index contributed by atoms with van der Waals surface area (Å²) in [6, 6.07) is 2.13. The molecule has 1 N–H and O–H groups in total. The van der Waals surface area contributed by atoms with Crippen LogP contribution in [0, 0.1) is 0 Å². The highest BCUT2D eigenvalue weighted by Crippen LogP contribution is 2.30. The number of carbonyl (C=O) groups is 1. The average molecular weight is 323 g/mol. The number of aliphatic hydroxyl groups is 1. The lowest BCUT2D eigenvalue weighted by Crippen LogP contribution is -2.48. The maximum atomic E-state index is 12.9. The van der Waals surface area contributed by atoms with E-state index in [2.05, 4.69) is 6.07 Å². The highest BCUT2D eigenvalue weighted by Gasteiger charge is 2.29. The molecular formula is C17H25NO3S. The number of nitrogens with zero attached hydrogens (tertiary/aromatic N) is 1. The van der Waals surface area contributed by atoms with Crippen LogP contribution in [0.25, 0.3) is 0 Å². The molecule has 1 atom stereocenters. The number of aliphatic hydroxyl groups excluding tert-OH is 1. The molecule has 2 heterocycles. The molecule has 1 amide bonds. The van der Waals surface area contributed by atoms with Gasteiger partial charge in [-0.15, -0.1) is 11.3 Å². The van der Waals surface area contributed by atoms with E-state index in [0.717, 1.165) is 17.7 Å². The van der Waals surface area contributed by atoms with Crippen molar-refractivity contribution in [3.8, 4) is 0 Å². The lowest BCUT2D eigenvalue weighted by atomic mass is 9.99. The van der Waals surface area contributed by atoms with E-state index in [9.17, 15) is 9.90 Å². The molecular weight excluding hydrogens is 298 g/mol. The van der Waals surface area contributed by atoms with E-state index < -0.39 is 0 Å². The molecule has 4 nitrogen and oxygen atoms in total. The van der Waals surface area contributed by atoms with Gasteiger partial charge in [-0.3, -0.25) is 4.79 Å². The number of rotatable bonds is 3. The normalized spacial score (nSPS) is 22.8. The number of hydrogen-bond acceptors (Lipinski definition) is 4. The fourth-order valence-electron chi connectivity index (χ4n) is 3.40. The van der Waals surface area contributed by atoms with Gasteiger partial charge in [-0.2, -0.15) is 0 Å². The minimum Gasteiger partial charge on any atom is -0.396 e. The molecule has 0 saturated carbocycles. The van der Waals surface area contributed by atoms with Crippen molar-refractivity contribution in [2.45, 2.75) is 51.0 Å². The van der Waals surface area contributed by atoms with Crippen LogP contribution in [0.4, 0.5) is 0 Å². The molecule has 0 bridgehead atoms. The van der Waals surface area contributed by atoms with Gasteiger partial charge in [0.15, 0.2) is 0 Å². The highest BCUT2D eigenvalue weighted by molar-refractivity contribution is 7.14. The van der Waals surface area contributed by atoms with Gasteiger partial charge in [-0.05, 0) is 43.7 Å². The zero-order valence-corrected chi connectivity index (χ0v) is 13.9. The molecule has 0 radical (unpaired) electrons. The number of aryl methyl sites for hydroxylation is 2. The summed E-state index contributed by atoms with van der Waals surface area (Å²) in [6.07, 6.45) is 7.92. The monoisotopic (exact) mass is 323 g/mol. The fraction of sp³-hybridized carbons (Fsp3) is 0.706. The van der Waals surface area contributed by atoms with E-state index in [0.29, 0.717) is 26.2 Å². The molecule has 1 aliphatic heterocycles. The van der Waals surface area contributed by atoms with Gasteiger partial charge in [-0.25, -0.2) is 0 Å². The Balaban J connectivity index is 1.77. The van der Waals surface area contributed by atoms with Crippen LogP contribution in [0.15, 0.2) is 6.07 Å². The number of hydrogen-bond donors (Lipinski definition) is 1. The Morgan fingerprint density at radius 2 is 2.14 bits per heavy atom. The largest absolute Gasteiger partial charge is 0.396 e. The van der Waals surface area contributed by atoms with Crippen molar-refractivity contribution in [2.75, 3.05) is 26.4 Å².